The van der Waals surface area contributed by atoms with Crippen LogP contribution in [0.15, 0.2) is 140 Å². The third-order valence-electron chi connectivity index (χ3n) is 8.73. The molecule has 3 aromatic heterocycles. The van der Waals surface area contributed by atoms with E-state index in [2.05, 4.69) is 131 Å². The molecule has 9 aromatic rings. The molecule has 0 spiro atoms. The summed E-state index contributed by atoms with van der Waals surface area (Å²) in [5, 5.41) is 0. The average Bonchev–Trinajstić information content (AvgIpc) is 3.74. The van der Waals surface area contributed by atoms with Gasteiger partial charge in [-0.05, 0) is 85.6 Å². The maximum atomic E-state index is 6.55. The van der Waals surface area contributed by atoms with Gasteiger partial charge in [-0.15, -0.1) is 0 Å². The number of aromatic nitrogens is 5. The van der Waals surface area contributed by atoms with E-state index in [0.29, 0.717) is 0 Å². The fraction of sp³-hybridized carbons (Fsp3) is 0.0500. The summed E-state index contributed by atoms with van der Waals surface area (Å²) in [5.41, 5.74) is 11.8. The Hall–Kier alpha value is -6.14. The van der Waals surface area contributed by atoms with Crippen LogP contribution in [0.4, 0.5) is 0 Å². The number of hydrogen-bond donors (Lipinski definition) is 0. The summed E-state index contributed by atoms with van der Waals surface area (Å²) in [6.07, 6.45) is 0. The van der Waals surface area contributed by atoms with Crippen LogP contribution in [0.2, 0.25) is 0 Å². The molecule has 3 heterocycles. The van der Waals surface area contributed by atoms with Gasteiger partial charge in [-0.1, -0.05) is 72.8 Å². The summed E-state index contributed by atoms with van der Waals surface area (Å²) in [5.74, 6) is 3.23. The lowest BCUT2D eigenvalue weighted by Gasteiger charge is -2.16. The minimum absolute atomic E-state index is 0.740. The van der Waals surface area contributed by atoms with Crippen LogP contribution in [0.5, 0.6) is 11.5 Å². The van der Waals surface area contributed by atoms with E-state index in [1.165, 1.54) is 11.1 Å². The molecule has 6 aromatic carbocycles. The summed E-state index contributed by atoms with van der Waals surface area (Å²) in [4.78, 5) is 10.1. The van der Waals surface area contributed by atoms with Crippen LogP contribution >= 0.6 is 0 Å². The van der Waals surface area contributed by atoms with Gasteiger partial charge in [-0.2, -0.15) is 0 Å². The van der Waals surface area contributed by atoms with Gasteiger partial charge in [0.05, 0.1) is 44.5 Å². The molecule has 0 unspecified atom stereocenters. The monoisotopic (exact) mass is 595 g/mol. The van der Waals surface area contributed by atoms with Crippen molar-refractivity contribution in [2.24, 2.45) is 0 Å². The third-order valence-corrected chi connectivity index (χ3v) is 8.73. The molecular formula is C40H29N5O. The molecule has 0 atom stereocenters. The van der Waals surface area contributed by atoms with Crippen molar-refractivity contribution < 1.29 is 4.74 Å². The standard InChI is InChI=1S/C40H29N5O/c1-26-12-9-13-27(2)38(26)45-35-21-6-3-18-32(35)41-39(45)28-14-10-16-30(24-28)46-31-17-11-15-29(25-31)43-36-22-7-8-23-37(36)44-34-20-5-4-19-33(34)42-40(43)44/h3-25H,1-2H3. The summed E-state index contributed by atoms with van der Waals surface area (Å²) in [7, 11) is 0. The van der Waals surface area contributed by atoms with Gasteiger partial charge in [-0.25, -0.2) is 9.97 Å². The SMILES string of the molecule is Cc1cccc(C)c1-n1c(-c2cccc(Oc3cccc(-n4c5ccccc5n5c6ccccc6nc45)c3)c2)nc2ccccc21. The molecule has 220 valence electrons. The molecule has 6 heteroatoms. The number of rotatable bonds is 5. The van der Waals surface area contributed by atoms with E-state index in [-0.39, 0.29) is 0 Å². The van der Waals surface area contributed by atoms with E-state index in [4.69, 9.17) is 14.7 Å². The first-order chi connectivity index (χ1) is 22.6. The Kier molecular flexibility index (Phi) is 5.83. The molecule has 0 amide bonds. The Bertz CT molecular complexity index is 2580. The minimum atomic E-state index is 0.740. The van der Waals surface area contributed by atoms with Crippen molar-refractivity contribution in [3.8, 4) is 34.3 Å². The van der Waals surface area contributed by atoms with Gasteiger partial charge in [0.1, 0.15) is 17.3 Å². The second kappa shape index (κ2) is 10.2. The normalized spacial score (nSPS) is 11.7. The van der Waals surface area contributed by atoms with Crippen LogP contribution < -0.4 is 4.74 Å². The van der Waals surface area contributed by atoms with Gasteiger partial charge in [-0.3, -0.25) is 13.5 Å². The van der Waals surface area contributed by atoms with Crippen LogP contribution in [-0.2, 0) is 0 Å². The maximum Gasteiger partial charge on any atom is 0.220 e. The van der Waals surface area contributed by atoms with Gasteiger partial charge in [0.15, 0.2) is 0 Å². The number of ether oxygens (including phenoxy) is 1. The molecular weight excluding hydrogens is 566 g/mol. The lowest BCUT2D eigenvalue weighted by Crippen LogP contribution is -2.02. The fourth-order valence-corrected chi connectivity index (χ4v) is 6.73. The summed E-state index contributed by atoms with van der Waals surface area (Å²) in [6, 6.07) is 47.8. The summed E-state index contributed by atoms with van der Waals surface area (Å²) < 4.78 is 13.3. The van der Waals surface area contributed by atoms with Gasteiger partial charge >= 0.3 is 0 Å². The number of para-hydroxylation sites is 7. The minimum Gasteiger partial charge on any atom is -0.457 e. The molecule has 0 aliphatic rings. The Morgan fingerprint density at radius 1 is 0.500 bits per heavy atom. The van der Waals surface area contributed by atoms with E-state index in [1.807, 2.05) is 36.4 Å². The highest BCUT2D eigenvalue weighted by molar-refractivity contribution is 5.92. The topological polar surface area (TPSA) is 49.3 Å². The predicted octanol–water partition coefficient (Wildman–Crippen LogP) is 9.85. The number of imidazole rings is 3. The lowest BCUT2D eigenvalue weighted by molar-refractivity contribution is 0.482. The highest BCUT2D eigenvalue weighted by Crippen LogP contribution is 2.35. The smallest absolute Gasteiger partial charge is 0.220 e. The van der Waals surface area contributed by atoms with Crippen LogP contribution in [0.1, 0.15) is 11.1 Å². The molecule has 46 heavy (non-hydrogen) atoms. The first-order valence-corrected chi connectivity index (χ1v) is 15.4. The van der Waals surface area contributed by atoms with Crippen LogP contribution in [0.25, 0.3) is 61.6 Å². The summed E-state index contributed by atoms with van der Waals surface area (Å²) in [6.45, 7) is 4.31. The van der Waals surface area contributed by atoms with Gasteiger partial charge in [0.2, 0.25) is 5.78 Å². The zero-order chi connectivity index (χ0) is 30.8. The number of nitrogens with zero attached hydrogens (tertiary/aromatic N) is 5. The Balaban J connectivity index is 1.14. The first kappa shape index (κ1) is 26.3. The Morgan fingerprint density at radius 2 is 1.11 bits per heavy atom. The summed E-state index contributed by atoms with van der Waals surface area (Å²) >= 11 is 0. The van der Waals surface area contributed by atoms with E-state index in [9.17, 15) is 0 Å². The van der Waals surface area contributed by atoms with Crippen LogP contribution in [-0.4, -0.2) is 23.5 Å². The number of aryl methyl sites for hydroxylation is 2. The second-order valence-electron chi connectivity index (χ2n) is 11.7. The second-order valence-corrected chi connectivity index (χ2v) is 11.7. The third kappa shape index (κ3) is 4.04. The number of hydrogen-bond acceptors (Lipinski definition) is 3. The van der Waals surface area contributed by atoms with E-state index >= 15 is 0 Å². The Morgan fingerprint density at radius 3 is 1.89 bits per heavy atom. The van der Waals surface area contributed by atoms with Crippen molar-refractivity contribution in [2.45, 2.75) is 13.8 Å². The van der Waals surface area contributed by atoms with Crippen molar-refractivity contribution in [2.75, 3.05) is 0 Å². The molecule has 0 aliphatic heterocycles. The van der Waals surface area contributed by atoms with Crippen molar-refractivity contribution in [1.29, 1.82) is 0 Å². The van der Waals surface area contributed by atoms with Crippen LogP contribution in [0.3, 0.4) is 0 Å². The molecule has 0 saturated heterocycles. The van der Waals surface area contributed by atoms with Crippen LogP contribution in [0, 0.1) is 13.8 Å². The maximum absolute atomic E-state index is 6.55. The number of benzene rings is 6. The molecule has 0 saturated carbocycles. The molecule has 0 radical (unpaired) electrons. The van der Waals surface area contributed by atoms with E-state index in [0.717, 1.165) is 73.1 Å². The highest BCUT2D eigenvalue weighted by Gasteiger charge is 2.19. The van der Waals surface area contributed by atoms with Crippen molar-refractivity contribution in [3.05, 3.63) is 151 Å². The highest BCUT2D eigenvalue weighted by atomic mass is 16.5. The quantitative estimate of drug-likeness (QED) is 0.199. The predicted molar refractivity (Wildman–Crippen MR) is 186 cm³/mol. The zero-order valence-corrected chi connectivity index (χ0v) is 25.4. The Labute approximate surface area is 265 Å². The van der Waals surface area contributed by atoms with Gasteiger partial charge in [0, 0.05) is 11.6 Å². The van der Waals surface area contributed by atoms with Crippen molar-refractivity contribution in [3.63, 3.8) is 0 Å². The largest absolute Gasteiger partial charge is 0.457 e. The lowest BCUT2D eigenvalue weighted by atomic mass is 10.1. The number of fused-ring (bicyclic) bond motifs is 6. The molecule has 9 rings (SSSR count). The van der Waals surface area contributed by atoms with E-state index in [1.54, 1.807) is 0 Å². The molecule has 0 fully saturated rings. The van der Waals surface area contributed by atoms with Crippen molar-refractivity contribution >= 4 is 38.9 Å². The first-order valence-electron chi connectivity index (χ1n) is 15.4. The van der Waals surface area contributed by atoms with Crippen molar-refractivity contribution in [1.82, 2.24) is 23.5 Å². The molecule has 0 N–H and O–H groups in total. The van der Waals surface area contributed by atoms with Gasteiger partial charge in [0.25, 0.3) is 0 Å². The average molecular weight is 596 g/mol. The molecule has 6 nitrogen and oxygen atoms in total. The van der Waals surface area contributed by atoms with Gasteiger partial charge < -0.3 is 4.74 Å². The fourth-order valence-electron chi connectivity index (χ4n) is 6.73. The molecule has 0 bridgehead atoms. The van der Waals surface area contributed by atoms with E-state index < -0.39 is 0 Å². The zero-order valence-electron chi connectivity index (χ0n) is 25.4. The molecule has 0 aliphatic carbocycles.